The van der Waals surface area contributed by atoms with E-state index < -0.39 is 5.82 Å². The second-order valence-electron chi connectivity index (χ2n) is 3.62. The van der Waals surface area contributed by atoms with Crippen LogP contribution in [0.15, 0.2) is 23.6 Å². The molecule has 2 rings (SSSR count). The molecule has 0 aliphatic heterocycles. The largest absolute Gasteiger partial charge is 0.311 e. The minimum Gasteiger partial charge on any atom is -0.311 e. The lowest BCUT2D eigenvalue weighted by atomic mass is 10.0. The van der Waals surface area contributed by atoms with E-state index in [1.165, 1.54) is 17.6 Å². The van der Waals surface area contributed by atoms with Gasteiger partial charge in [0.15, 0.2) is 0 Å². The summed E-state index contributed by atoms with van der Waals surface area (Å²) in [6.07, 6.45) is 0.649. The fourth-order valence-electron chi connectivity index (χ4n) is 1.58. The van der Waals surface area contributed by atoms with E-state index in [-0.39, 0.29) is 11.1 Å². The van der Waals surface area contributed by atoms with Gasteiger partial charge in [0.1, 0.15) is 5.82 Å². The fraction of sp³-hybridized carbons (Fsp3) is 0.273. The maximum atomic E-state index is 13.3. The summed E-state index contributed by atoms with van der Waals surface area (Å²) in [5, 5.41) is 9.17. The minimum absolute atomic E-state index is 0.0364. The molecule has 3 nitrogen and oxygen atoms in total. The quantitative estimate of drug-likeness (QED) is 0.929. The van der Waals surface area contributed by atoms with Crippen molar-refractivity contribution in [2.24, 2.45) is 0 Å². The van der Waals surface area contributed by atoms with E-state index in [9.17, 15) is 4.39 Å². The second-order valence-corrected chi connectivity index (χ2v) is 4.64. The van der Waals surface area contributed by atoms with Crippen molar-refractivity contribution in [3.8, 4) is 0 Å². The van der Waals surface area contributed by atoms with Gasteiger partial charge in [-0.3, -0.25) is 0 Å². The van der Waals surface area contributed by atoms with Crippen LogP contribution in [0.3, 0.4) is 0 Å². The number of benzene rings is 1. The van der Waals surface area contributed by atoms with Crippen LogP contribution in [0.4, 0.5) is 4.39 Å². The third kappa shape index (κ3) is 3.00. The monoisotopic (exact) mass is 271 g/mol. The van der Waals surface area contributed by atoms with Gasteiger partial charge in [-0.05, 0) is 42.7 Å². The molecule has 90 valence electrons. The van der Waals surface area contributed by atoms with E-state index in [4.69, 9.17) is 11.6 Å². The molecule has 1 aromatic heterocycles. The zero-order chi connectivity index (χ0) is 12.3. The highest BCUT2D eigenvalue weighted by molar-refractivity contribution is 7.03. The molecule has 0 amide bonds. The maximum Gasteiger partial charge on any atom is 0.142 e. The van der Waals surface area contributed by atoms with Crippen molar-refractivity contribution in [2.75, 3.05) is 7.05 Å². The highest BCUT2D eigenvalue weighted by atomic mass is 35.5. The molecular weight excluding hydrogens is 261 g/mol. The van der Waals surface area contributed by atoms with E-state index in [0.29, 0.717) is 6.42 Å². The van der Waals surface area contributed by atoms with Gasteiger partial charge < -0.3 is 5.32 Å². The van der Waals surface area contributed by atoms with Crippen LogP contribution in [0.2, 0.25) is 5.02 Å². The molecule has 2 aromatic rings. The van der Waals surface area contributed by atoms with Crippen molar-refractivity contribution in [1.82, 2.24) is 14.9 Å². The highest BCUT2D eigenvalue weighted by Crippen LogP contribution is 2.20. The van der Waals surface area contributed by atoms with Gasteiger partial charge in [0, 0.05) is 5.38 Å². The Labute approximate surface area is 108 Å². The summed E-state index contributed by atoms with van der Waals surface area (Å²) in [6, 6.07) is 4.87. The number of aromatic nitrogens is 2. The molecule has 0 aliphatic carbocycles. The van der Waals surface area contributed by atoms with Crippen molar-refractivity contribution >= 4 is 23.1 Å². The van der Waals surface area contributed by atoms with Crippen LogP contribution in [0, 0.1) is 5.82 Å². The van der Waals surface area contributed by atoms with Gasteiger partial charge >= 0.3 is 0 Å². The van der Waals surface area contributed by atoms with E-state index >= 15 is 0 Å². The Morgan fingerprint density at radius 1 is 1.53 bits per heavy atom. The molecule has 1 atom stereocenters. The average molecular weight is 272 g/mol. The molecule has 17 heavy (non-hydrogen) atoms. The Kier molecular flexibility index (Phi) is 4.04. The number of nitrogens with zero attached hydrogens (tertiary/aromatic N) is 2. The Bertz CT molecular complexity index is 489. The lowest BCUT2D eigenvalue weighted by molar-refractivity contribution is 0.569. The van der Waals surface area contributed by atoms with Crippen LogP contribution in [-0.4, -0.2) is 16.6 Å². The predicted octanol–water partition coefficient (Wildman–Crippen LogP) is 2.83. The Hall–Kier alpha value is -1.04. The summed E-state index contributed by atoms with van der Waals surface area (Å²) in [5.74, 6) is -0.393. The maximum absolute atomic E-state index is 13.3. The summed E-state index contributed by atoms with van der Waals surface area (Å²) in [6.45, 7) is 0. The highest BCUT2D eigenvalue weighted by Gasteiger charge is 2.13. The smallest absolute Gasteiger partial charge is 0.142 e. The zero-order valence-electron chi connectivity index (χ0n) is 9.15. The van der Waals surface area contributed by atoms with E-state index in [0.717, 1.165) is 11.3 Å². The summed E-state index contributed by atoms with van der Waals surface area (Å²) < 4.78 is 17.1. The minimum atomic E-state index is -0.393. The number of rotatable bonds is 4. The first kappa shape index (κ1) is 12.4. The van der Waals surface area contributed by atoms with Crippen LogP contribution in [0.1, 0.15) is 17.3 Å². The van der Waals surface area contributed by atoms with Gasteiger partial charge in [0.2, 0.25) is 0 Å². The molecule has 0 radical (unpaired) electrons. The standard InChI is InChI=1S/C11H11ClFN3S/c1-14-10(11-6-17-16-15-11)5-7-2-3-8(12)9(13)4-7/h2-4,6,10,14H,5H2,1H3. The van der Waals surface area contributed by atoms with Gasteiger partial charge in [-0.2, -0.15) is 0 Å². The third-order valence-corrected chi connectivity index (χ3v) is 3.34. The summed E-state index contributed by atoms with van der Waals surface area (Å²) in [4.78, 5) is 0. The fourth-order valence-corrected chi connectivity index (χ4v) is 2.21. The predicted molar refractivity (Wildman–Crippen MR) is 66.8 cm³/mol. The molecule has 0 saturated carbocycles. The van der Waals surface area contributed by atoms with Crippen LogP contribution in [0.25, 0.3) is 0 Å². The molecule has 1 unspecified atom stereocenters. The number of hydrogen-bond donors (Lipinski definition) is 1. The van der Waals surface area contributed by atoms with Gasteiger partial charge in [-0.25, -0.2) is 4.39 Å². The average Bonchev–Trinajstić information content (AvgIpc) is 2.84. The first-order valence-electron chi connectivity index (χ1n) is 5.09. The van der Waals surface area contributed by atoms with Gasteiger partial charge in [0.05, 0.1) is 16.8 Å². The molecular formula is C11H11ClFN3S. The van der Waals surface area contributed by atoms with Crippen molar-refractivity contribution in [2.45, 2.75) is 12.5 Å². The second kappa shape index (κ2) is 5.53. The van der Waals surface area contributed by atoms with Crippen molar-refractivity contribution < 1.29 is 4.39 Å². The van der Waals surface area contributed by atoms with Crippen molar-refractivity contribution in [3.63, 3.8) is 0 Å². The number of hydrogen-bond acceptors (Lipinski definition) is 4. The van der Waals surface area contributed by atoms with Gasteiger partial charge in [0.25, 0.3) is 0 Å². The molecule has 6 heteroatoms. The van der Waals surface area contributed by atoms with E-state index in [1.807, 2.05) is 18.5 Å². The van der Waals surface area contributed by atoms with Crippen LogP contribution < -0.4 is 5.32 Å². The van der Waals surface area contributed by atoms with E-state index in [1.54, 1.807) is 6.07 Å². The lowest BCUT2D eigenvalue weighted by Crippen LogP contribution is -2.19. The third-order valence-electron chi connectivity index (χ3n) is 2.51. The summed E-state index contributed by atoms with van der Waals surface area (Å²) >= 11 is 6.94. The molecule has 0 saturated heterocycles. The molecule has 1 aromatic carbocycles. The first-order chi connectivity index (χ1) is 8.20. The van der Waals surface area contributed by atoms with Crippen molar-refractivity contribution in [1.29, 1.82) is 0 Å². The topological polar surface area (TPSA) is 37.8 Å². The first-order valence-corrected chi connectivity index (χ1v) is 6.30. The number of likely N-dealkylation sites (N-methyl/N-ethyl adjacent to an activating group) is 1. The number of nitrogens with one attached hydrogen (secondary N) is 1. The normalized spacial score (nSPS) is 12.6. The summed E-state index contributed by atoms with van der Waals surface area (Å²) in [5.41, 5.74) is 1.74. The molecule has 1 heterocycles. The zero-order valence-corrected chi connectivity index (χ0v) is 10.7. The SMILES string of the molecule is CNC(Cc1ccc(Cl)c(F)c1)c1csnn1. The molecule has 0 aliphatic rings. The van der Waals surface area contributed by atoms with Crippen LogP contribution in [0.5, 0.6) is 0 Å². The molecule has 0 spiro atoms. The molecule has 0 bridgehead atoms. The molecule has 1 N–H and O–H groups in total. The van der Waals surface area contributed by atoms with Gasteiger partial charge in [-0.15, -0.1) is 5.10 Å². The summed E-state index contributed by atoms with van der Waals surface area (Å²) in [7, 11) is 1.84. The van der Waals surface area contributed by atoms with Crippen molar-refractivity contribution in [3.05, 3.63) is 45.7 Å². The van der Waals surface area contributed by atoms with Crippen LogP contribution >= 0.6 is 23.1 Å². The molecule has 0 fully saturated rings. The Balaban J connectivity index is 2.16. The Morgan fingerprint density at radius 2 is 2.35 bits per heavy atom. The van der Waals surface area contributed by atoms with Gasteiger partial charge in [-0.1, -0.05) is 22.2 Å². The number of halogens is 2. The van der Waals surface area contributed by atoms with Crippen LogP contribution in [-0.2, 0) is 6.42 Å². The van der Waals surface area contributed by atoms with E-state index in [2.05, 4.69) is 14.9 Å². The lowest BCUT2D eigenvalue weighted by Gasteiger charge is -2.13. The Morgan fingerprint density at radius 3 is 2.94 bits per heavy atom.